The Hall–Kier alpha value is -1.78. The van der Waals surface area contributed by atoms with Gasteiger partial charge in [0.15, 0.2) is 5.78 Å². The summed E-state index contributed by atoms with van der Waals surface area (Å²) in [4.78, 5) is 12.2. The van der Waals surface area contributed by atoms with Crippen molar-refractivity contribution in [3.63, 3.8) is 0 Å². The van der Waals surface area contributed by atoms with Crippen LogP contribution in [-0.4, -0.2) is 15.5 Å². The Balaban J connectivity index is 2.26. The van der Waals surface area contributed by atoms with Gasteiger partial charge in [-0.25, -0.2) is 0 Å². The molecule has 0 spiro atoms. The summed E-state index contributed by atoms with van der Waals surface area (Å²) in [5.74, 6) is -0.0892. The normalized spacial score (nSPS) is 12.9. The van der Waals surface area contributed by atoms with Gasteiger partial charge in [0.1, 0.15) is 4.64 Å². The highest BCUT2D eigenvalue weighted by molar-refractivity contribution is 7.71. The molecule has 0 saturated heterocycles. The number of carbonyl (C=O) groups excluding carboxylic acids is 1. The summed E-state index contributed by atoms with van der Waals surface area (Å²) in [5, 5.41) is 10.4. The maximum Gasteiger partial charge on any atom is 0.165 e. The fourth-order valence-corrected chi connectivity index (χ4v) is 2.86. The molecule has 1 heterocycles. The molecule has 1 aromatic heterocycles. The van der Waals surface area contributed by atoms with Crippen LogP contribution in [0.1, 0.15) is 49.2 Å². The van der Waals surface area contributed by atoms with Crippen molar-refractivity contribution in [3.8, 4) is 0 Å². The molecule has 4 heteroatoms. The van der Waals surface area contributed by atoms with Crippen LogP contribution in [-0.2, 0) is 5.54 Å². The fraction of sp³-hybridized carbons (Fsp3) is 0.333. The molecule has 2 aromatic rings. The van der Waals surface area contributed by atoms with E-state index in [0.29, 0.717) is 15.8 Å². The number of pyridine rings is 1. The molecule has 0 fully saturated rings. The third-order valence-corrected chi connectivity index (χ3v) is 3.97. The average Bonchev–Trinajstić information content (AvgIpc) is 2.47. The first-order chi connectivity index (χ1) is 10.3. The second-order valence-electron chi connectivity index (χ2n) is 6.32. The third-order valence-electron chi connectivity index (χ3n) is 3.53. The summed E-state index contributed by atoms with van der Waals surface area (Å²) < 4.78 is 2.51. The van der Waals surface area contributed by atoms with Crippen molar-refractivity contribution in [1.29, 1.82) is 0 Å². The molecule has 0 radical (unpaired) electrons. The van der Waals surface area contributed by atoms with Gasteiger partial charge in [-0.1, -0.05) is 48.6 Å². The van der Waals surface area contributed by atoms with Gasteiger partial charge in [-0.15, -0.1) is 0 Å². The Bertz CT molecular complexity index is 714. The van der Waals surface area contributed by atoms with E-state index in [1.165, 1.54) is 0 Å². The summed E-state index contributed by atoms with van der Waals surface area (Å²) >= 11 is 5.48. The van der Waals surface area contributed by atoms with Gasteiger partial charge in [-0.05, 0) is 26.8 Å². The number of hydrogen-bond donors (Lipinski definition) is 1. The summed E-state index contributed by atoms with van der Waals surface area (Å²) in [5.41, 5.74) is 1.06. The minimum atomic E-state index is -0.894. The molecule has 0 aliphatic carbocycles. The van der Waals surface area contributed by atoms with Gasteiger partial charge < -0.3 is 9.67 Å². The lowest BCUT2D eigenvalue weighted by atomic mass is 10.0. The molecule has 0 amide bonds. The molecular formula is C18H21NO2S. The second kappa shape index (κ2) is 6.55. The van der Waals surface area contributed by atoms with E-state index in [2.05, 4.69) is 0 Å². The highest BCUT2D eigenvalue weighted by Gasteiger charge is 2.19. The Kier molecular flexibility index (Phi) is 4.94. The largest absolute Gasteiger partial charge is 0.388 e. The average molecular weight is 315 g/mol. The minimum Gasteiger partial charge on any atom is -0.388 e. The molecule has 3 nitrogen and oxygen atoms in total. The van der Waals surface area contributed by atoms with E-state index in [9.17, 15) is 9.90 Å². The van der Waals surface area contributed by atoms with Crippen LogP contribution >= 0.6 is 12.2 Å². The summed E-state index contributed by atoms with van der Waals surface area (Å²) in [6.45, 7) is 6.15. The molecule has 1 atom stereocenters. The quantitative estimate of drug-likeness (QED) is 0.676. The molecule has 0 aliphatic rings. The monoisotopic (exact) mass is 315 g/mol. The molecule has 1 unspecified atom stereocenters. The SMILES string of the molecule is CC(C)(C)n1cccc(C(O)CC(=O)c2ccccc2)c1=S. The van der Waals surface area contributed by atoms with E-state index in [1.54, 1.807) is 18.2 Å². The van der Waals surface area contributed by atoms with E-state index in [1.807, 2.05) is 55.8 Å². The van der Waals surface area contributed by atoms with Crippen LogP contribution in [0.2, 0.25) is 0 Å². The van der Waals surface area contributed by atoms with Crippen LogP contribution in [0.5, 0.6) is 0 Å². The molecule has 1 N–H and O–H groups in total. The number of rotatable bonds is 4. The fourth-order valence-electron chi connectivity index (χ4n) is 2.32. The van der Waals surface area contributed by atoms with Gasteiger partial charge in [0.2, 0.25) is 0 Å². The van der Waals surface area contributed by atoms with Gasteiger partial charge in [-0.2, -0.15) is 0 Å². The Morgan fingerprint density at radius 3 is 2.41 bits per heavy atom. The topological polar surface area (TPSA) is 42.2 Å². The van der Waals surface area contributed by atoms with Crippen molar-refractivity contribution in [2.24, 2.45) is 0 Å². The number of hydrogen-bond acceptors (Lipinski definition) is 3. The molecular weight excluding hydrogens is 294 g/mol. The smallest absolute Gasteiger partial charge is 0.165 e. The Labute approximate surface area is 136 Å². The highest BCUT2D eigenvalue weighted by Crippen LogP contribution is 2.23. The molecule has 0 aliphatic heterocycles. The Morgan fingerprint density at radius 1 is 1.18 bits per heavy atom. The van der Waals surface area contributed by atoms with Crippen molar-refractivity contribution in [1.82, 2.24) is 4.57 Å². The standard InChI is InChI=1S/C18H21NO2S/c1-18(2,3)19-11-7-10-14(17(19)22)16(21)12-15(20)13-8-5-4-6-9-13/h4-11,16,21H,12H2,1-3H3. The van der Waals surface area contributed by atoms with Crippen molar-refractivity contribution in [2.75, 3.05) is 0 Å². The first-order valence-electron chi connectivity index (χ1n) is 7.29. The van der Waals surface area contributed by atoms with Gasteiger partial charge in [0.05, 0.1) is 6.10 Å². The number of aromatic nitrogens is 1. The van der Waals surface area contributed by atoms with E-state index in [-0.39, 0.29) is 17.7 Å². The lowest BCUT2D eigenvalue weighted by Gasteiger charge is -2.25. The van der Waals surface area contributed by atoms with E-state index in [0.717, 1.165) is 0 Å². The number of aliphatic hydroxyl groups excluding tert-OH is 1. The number of Topliss-reactive ketones (excluding diaryl/α,β-unsaturated/α-hetero) is 1. The molecule has 0 saturated carbocycles. The zero-order chi connectivity index (χ0) is 16.3. The van der Waals surface area contributed by atoms with Gasteiger partial charge in [-0.3, -0.25) is 4.79 Å². The second-order valence-corrected chi connectivity index (χ2v) is 6.71. The lowest BCUT2D eigenvalue weighted by molar-refractivity contribution is 0.0878. The van der Waals surface area contributed by atoms with Crippen LogP contribution in [0, 0.1) is 4.64 Å². The first kappa shape index (κ1) is 16.6. The molecule has 22 heavy (non-hydrogen) atoms. The summed E-state index contributed by atoms with van der Waals surface area (Å²) in [6.07, 6.45) is 1.04. The number of aliphatic hydroxyl groups is 1. The van der Waals surface area contributed by atoms with Crippen LogP contribution in [0.4, 0.5) is 0 Å². The van der Waals surface area contributed by atoms with Crippen LogP contribution < -0.4 is 0 Å². The minimum absolute atomic E-state index is 0.0296. The first-order valence-corrected chi connectivity index (χ1v) is 7.70. The number of ketones is 1. The van der Waals surface area contributed by atoms with E-state index >= 15 is 0 Å². The van der Waals surface area contributed by atoms with Crippen molar-refractivity contribution >= 4 is 18.0 Å². The van der Waals surface area contributed by atoms with Crippen molar-refractivity contribution in [2.45, 2.75) is 38.8 Å². The van der Waals surface area contributed by atoms with E-state index in [4.69, 9.17) is 12.2 Å². The maximum absolute atomic E-state index is 12.2. The molecule has 0 bridgehead atoms. The highest BCUT2D eigenvalue weighted by atomic mass is 32.1. The molecule has 2 rings (SSSR count). The molecule has 116 valence electrons. The van der Waals surface area contributed by atoms with Gasteiger partial charge in [0, 0.05) is 29.3 Å². The zero-order valence-electron chi connectivity index (χ0n) is 13.1. The Morgan fingerprint density at radius 2 is 1.82 bits per heavy atom. The predicted octanol–water partition coefficient (Wildman–Crippen LogP) is 4.28. The third kappa shape index (κ3) is 3.70. The van der Waals surface area contributed by atoms with E-state index < -0.39 is 6.10 Å². The predicted molar refractivity (Wildman–Crippen MR) is 90.6 cm³/mol. The van der Waals surface area contributed by atoms with Crippen molar-refractivity contribution < 1.29 is 9.90 Å². The van der Waals surface area contributed by atoms with Crippen LogP contribution in [0.15, 0.2) is 48.7 Å². The maximum atomic E-state index is 12.2. The summed E-state index contributed by atoms with van der Waals surface area (Å²) in [6, 6.07) is 12.6. The van der Waals surface area contributed by atoms with Crippen LogP contribution in [0.25, 0.3) is 0 Å². The zero-order valence-corrected chi connectivity index (χ0v) is 13.9. The number of benzene rings is 1. The molecule has 1 aromatic carbocycles. The summed E-state index contributed by atoms with van der Waals surface area (Å²) in [7, 11) is 0. The van der Waals surface area contributed by atoms with Gasteiger partial charge >= 0.3 is 0 Å². The van der Waals surface area contributed by atoms with Crippen LogP contribution in [0.3, 0.4) is 0 Å². The lowest BCUT2D eigenvalue weighted by Crippen LogP contribution is -2.23. The van der Waals surface area contributed by atoms with Crippen molar-refractivity contribution in [3.05, 3.63) is 64.4 Å². The number of carbonyl (C=O) groups is 1. The van der Waals surface area contributed by atoms with Gasteiger partial charge in [0.25, 0.3) is 0 Å². The number of nitrogens with zero attached hydrogens (tertiary/aromatic N) is 1.